The second kappa shape index (κ2) is 6.06. The van der Waals surface area contributed by atoms with Gasteiger partial charge in [0.2, 0.25) is 0 Å². The zero-order valence-electron chi connectivity index (χ0n) is 13.1. The minimum atomic E-state index is 0.684. The maximum absolute atomic E-state index is 6.54. The lowest BCUT2D eigenvalue weighted by atomic mass is 9.89. The Morgan fingerprint density at radius 3 is 2.86 bits per heavy atom. The van der Waals surface area contributed by atoms with Crippen LogP contribution in [0, 0.1) is 5.92 Å². The van der Waals surface area contributed by atoms with Gasteiger partial charge in [-0.3, -0.25) is 0 Å². The van der Waals surface area contributed by atoms with Crippen LogP contribution in [-0.2, 0) is 19.4 Å². The molecule has 0 spiro atoms. The summed E-state index contributed by atoms with van der Waals surface area (Å²) < 4.78 is 0. The van der Waals surface area contributed by atoms with Crippen LogP contribution < -0.4 is 4.90 Å². The van der Waals surface area contributed by atoms with Crippen molar-refractivity contribution in [2.24, 2.45) is 5.92 Å². The van der Waals surface area contributed by atoms with Gasteiger partial charge in [-0.15, -0.1) is 11.3 Å². The van der Waals surface area contributed by atoms with Gasteiger partial charge in [-0.2, -0.15) is 0 Å². The highest BCUT2D eigenvalue weighted by molar-refractivity contribution is 7.19. The second-order valence-electron chi connectivity index (χ2n) is 6.95. The van der Waals surface area contributed by atoms with E-state index in [1.807, 2.05) is 11.3 Å². The minimum absolute atomic E-state index is 0.684. The van der Waals surface area contributed by atoms with E-state index in [4.69, 9.17) is 16.6 Å². The van der Waals surface area contributed by atoms with Crippen molar-refractivity contribution >= 4 is 33.2 Å². The number of fused-ring (bicyclic) bond motifs is 3. The average Bonchev–Trinajstić information content (AvgIpc) is 2.85. The predicted molar refractivity (Wildman–Crippen MR) is 91.9 cm³/mol. The Morgan fingerprint density at radius 2 is 2.05 bits per heavy atom. The molecule has 5 heteroatoms. The van der Waals surface area contributed by atoms with E-state index in [0.29, 0.717) is 5.15 Å². The van der Waals surface area contributed by atoms with Gasteiger partial charge in [0, 0.05) is 4.88 Å². The molecule has 118 valence electrons. The Balaban J connectivity index is 1.67. The molecular weight excluding hydrogens is 314 g/mol. The highest BCUT2D eigenvalue weighted by Gasteiger charge is 2.24. The molecule has 1 saturated heterocycles. The molecule has 3 heterocycles. The third-order valence-corrected chi connectivity index (χ3v) is 6.55. The molecule has 0 bridgehead atoms. The first kappa shape index (κ1) is 14.9. The number of hydrogen-bond acceptors (Lipinski definition) is 3. The van der Waals surface area contributed by atoms with Crippen molar-refractivity contribution < 1.29 is 4.90 Å². The molecule has 1 fully saturated rings. The summed E-state index contributed by atoms with van der Waals surface area (Å²) >= 11 is 8.39. The number of hydrogen-bond donors (Lipinski definition) is 1. The smallest absolute Gasteiger partial charge is 0.186 e. The molecule has 0 saturated carbocycles. The van der Waals surface area contributed by atoms with Gasteiger partial charge in [0.15, 0.2) is 5.82 Å². The van der Waals surface area contributed by atoms with E-state index in [0.717, 1.165) is 34.9 Å². The van der Waals surface area contributed by atoms with E-state index in [9.17, 15) is 0 Å². The number of quaternary nitrogens is 1. The number of aromatic nitrogens is 2. The number of rotatable bonds is 2. The first-order chi connectivity index (χ1) is 10.7. The first-order valence-corrected chi connectivity index (χ1v) is 9.70. The Morgan fingerprint density at radius 1 is 1.23 bits per heavy atom. The third kappa shape index (κ3) is 2.77. The normalized spacial score (nSPS) is 22.9. The summed E-state index contributed by atoms with van der Waals surface area (Å²) in [7, 11) is 0. The Bertz CT molecular complexity index is 691. The molecular formula is C17H23ClN3S+. The molecule has 1 atom stereocenters. The summed E-state index contributed by atoms with van der Waals surface area (Å²) in [5.41, 5.74) is 1.43. The van der Waals surface area contributed by atoms with Crippen LogP contribution in [0.1, 0.15) is 48.9 Å². The highest BCUT2D eigenvalue weighted by Crippen LogP contribution is 2.39. The van der Waals surface area contributed by atoms with Crippen molar-refractivity contribution in [1.82, 2.24) is 9.97 Å². The summed E-state index contributed by atoms with van der Waals surface area (Å²) in [5.74, 6) is 1.71. The van der Waals surface area contributed by atoms with Gasteiger partial charge in [-0.05, 0) is 50.0 Å². The van der Waals surface area contributed by atoms with Gasteiger partial charge in [0.05, 0.1) is 18.5 Å². The zero-order chi connectivity index (χ0) is 15.1. The maximum atomic E-state index is 6.54. The summed E-state index contributed by atoms with van der Waals surface area (Å²) in [6.45, 7) is 5.76. The van der Waals surface area contributed by atoms with Crippen molar-refractivity contribution in [3.05, 3.63) is 21.4 Å². The van der Waals surface area contributed by atoms with Crippen LogP contribution in [-0.4, -0.2) is 23.1 Å². The standard InChI is InChI=1S/C17H22ClN3S/c1-11-5-6-12-13(9-11)22-17-15(12)16(18)19-14(20-17)10-21-7-3-2-4-8-21/h11H,2-10H2,1H3/p+1/t11-/m1/s1. The number of piperidine rings is 1. The number of nitrogens with one attached hydrogen (secondary N) is 1. The Kier molecular flexibility index (Phi) is 4.09. The van der Waals surface area contributed by atoms with Crippen molar-refractivity contribution in [3.63, 3.8) is 0 Å². The van der Waals surface area contributed by atoms with Crippen molar-refractivity contribution in [2.45, 2.75) is 52.0 Å². The van der Waals surface area contributed by atoms with Crippen LogP contribution in [0.3, 0.4) is 0 Å². The molecule has 3 nitrogen and oxygen atoms in total. The highest BCUT2D eigenvalue weighted by atomic mass is 35.5. The average molecular weight is 337 g/mol. The largest absolute Gasteiger partial charge is 0.329 e. The molecule has 0 radical (unpaired) electrons. The fourth-order valence-corrected chi connectivity index (χ4v) is 5.63. The number of nitrogens with zero attached hydrogens (tertiary/aromatic N) is 2. The van der Waals surface area contributed by atoms with Gasteiger partial charge >= 0.3 is 0 Å². The second-order valence-corrected chi connectivity index (χ2v) is 8.39. The summed E-state index contributed by atoms with van der Waals surface area (Å²) in [4.78, 5) is 13.7. The molecule has 0 amide bonds. The molecule has 0 aromatic carbocycles. The predicted octanol–water partition coefficient (Wildman–Crippen LogP) is 3.04. The van der Waals surface area contributed by atoms with Gasteiger partial charge in [-0.1, -0.05) is 18.5 Å². The lowest BCUT2D eigenvalue weighted by Crippen LogP contribution is -3.11. The van der Waals surface area contributed by atoms with Gasteiger partial charge in [0.1, 0.15) is 16.5 Å². The van der Waals surface area contributed by atoms with E-state index in [1.54, 1.807) is 4.90 Å². The third-order valence-electron chi connectivity index (χ3n) is 5.13. The van der Waals surface area contributed by atoms with Gasteiger partial charge in [0.25, 0.3) is 0 Å². The number of likely N-dealkylation sites (tertiary alicyclic amines) is 1. The molecule has 4 rings (SSSR count). The first-order valence-electron chi connectivity index (χ1n) is 8.51. The minimum Gasteiger partial charge on any atom is -0.329 e. The SMILES string of the molecule is C[C@@H]1CCc2c(sc3nc(C[NH+]4CCCCC4)nc(Cl)c23)C1. The lowest BCUT2D eigenvalue weighted by molar-refractivity contribution is -0.919. The fourth-order valence-electron chi connectivity index (χ4n) is 3.87. The van der Waals surface area contributed by atoms with E-state index in [1.165, 1.54) is 55.6 Å². The van der Waals surface area contributed by atoms with E-state index in [2.05, 4.69) is 11.9 Å². The molecule has 1 aliphatic carbocycles. The molecule has 2 aromatic heterocycles. The molecule has 1 aliphatic heterocycles. The molecule has 0 unspecified atom stereocenters. The van der Waals surface area contributed by atoms with Crippen molar-refractivity contribution in [3.8, 4) is 0 Å². The van der Waals surface area contributed by atoms with Crippen LogP contribution in [0.5, 0.6) is 0 Å². The molecule has 2 aliphatic rings. The van der Waals surface area contributed by atoms with E-state index in [-0.39, 0.29) is 0 Å². The van der Waals surface area contributed by atoms with Crippen LogP contribution >= 0.6 is 22.9 Å². The maximum Gasteiger partial charge on any atom is 0.186 e. The van der Waals surface area contributed by atoms with E-state index >= 15 is 0 Å². The Labute approximate surface area is 140 Å². The van der Waals surface area contributed by atoms with Gasteiger partial charge < -0.3 is 4.90 Å². The number of thiophene rings is 1. The molecule has 22 heavy (non-hydrogen) atoms. The lowest BCUT2D eigenvalue weighted by Gasteiger charge is -2.22. The zero-order valence-corrected chi connectivity index (χ0v) is 14.7. The van der Waals surface area contributed by atoms with Crippen molar-refractivity contribution in [1.29, 1.82) is 0 Å². The van der Waals surface area contributed by atoms with Crippen LogP contribution in [0.4, 0.5) is 0 Å². The molecule has 1 N–H and O–H groups in total. The van der Waals surface area contributed by atoms with Crippen molar-refractivity contribution in [2.75, 3.05) is 13.1 Å². The van der Waals surface area contributed by atoms with E-state index < -0.39 is 0 Å². The van der Waals surface area contributed by atoms with Crippen LogP contribution in [0.25, 0.3) is 10.2 Å². The summed E-state index contributed by atoms with van der Waals surface area (Å²) in [6.07, 6.45) is 7.61. The summed E-state index contributed by atoms with van der Waals surface area (Å²) in [6, 6.07) is 0. The fraction of sp³-hybridized carbons (Fsp3) is 0.647. The quantitative estimate of drug-likeness (QED) is 0.854. The number of aryl methyl sites for hydroxylation is 1. The topological polar surface area (TPSA) is 30.2 Å². The van der Waals surface area contributed by atoms with Gasteiger partial charge in [-0.25, -0.2) is 9.97 Å². The number of halogens is 1. The molecule has 2 aromatic rings. The Hall–Kier alpha value is -0.710. The monoisotopic (exact) mass is 336 g/mol. The van der Waals surface area contributed by atoms with Crippen LogP contribution in [0.15, 0.2) is 0 Å². The summed E-state index contributed by atoms with van der Waals surface area (Å²) in [5, 5.41) is 1.83. The van der Waals surface area contributed by atoms with Crippen LogP contribution in [0.2, 0.25) is 5.15 Å².